The van der Waals surface area contributed by atoms with E-state index in [1.165, 1.54) is 42.9 Å². The average Bonchev–Trinajstić information content (AvgIpc) is 2.94. The first-order valence-electron chi connectivity index (χ1n) is 15.6. The van der Waals surface area contributed by atoms with Crippen molar-refractivity contribution in [3.63, 3.8) is 0 Å². The number of fused-ring (bicyclic) bond motifs is 1. The zero-order valence-corrected chi connectivity index (χ0v) is 25.0. The van der Waals surface area contributed by atoms with Crippen molar-refractivity contribution in [3.8, 4) is 0 Å². The Bertz CT molecular complexity index is 1080. The summed E-state index contributed by atoms with van der Waals surface area (Å²) in [7, 11) is 0. The SMILES string of the molecule is CC(C)(C)OC(=O)N(CCCCOCC1CCN(C(=O)Cc2cccc3ccccc23)CC1)CC1CCCCC1. The Morgan fingerprint density at radius 3 is 2.38 bits per heavy atom. The molecule has 2 aliphatic rings. The van der Waals surface area contributed by atoms with Crippen molar-refractivity contribution in [2.45, 2.75) is 90.6 Å². The van der Waals surface area contributed by atoms with Gasteiger partial charge in [0.15, 0.2) is 0 Å². The highest BCUT2D eigenvalue weighted by Crippen LogP contribution is 2.26. The van der Waals surface area contributed by atoms with E-state index < -0.39 is 5.60 Å². The van der Waals surface area contributed by atoms with Gasteiger partial charge in [-0.3, -0.25) is 4.79 Å². The molecule has 2 aromatic rings. The maximum absolute atomic E-state index is 13.0. The van der Waals surface area contributed by atoms with E-state index in [0.717, 1.165) is 64.0 Å². The molecule has 1 saturated heterocycles. The molecule has 2 aromatic carbocycles. The second-order valence-electron chi connectivity index (χ2n) is 12.9. The number of hydrogen-bond donors (Lipinski definition) is 0. The number of piperidine rings is 1. The van der Waals surface area contributed by atoms with Crippen LogP contribution in [0.5, 0.6) is 0 Å². The van der Waals surface area contributed by atoms with Crippen molar-refractivity contribution in [1.82, 2.24) is 9.80 Å². The van der Waals surface area contributed by atoms with Crippen molar-refractivity contribution in [3.05, 3.63) is 48.0 Å². The Balaban J connectivity index is 1.12. The fourth-order valence-corrected chi connectivity index (χ4v) is 6.09. The molecule has 0 radical (unpaired) electrons. The highest BCUT2D eigenvalue weighted by Gasteiger charge is 2.26. The molecule has 220 valence electrons. The molecule has 1 saturated carbocycles. The first-order chi connectivity index (χ1) is 19.3. The highest BCUT2D eigenvalue weighted by molar-refractivity contribution is 5.90. The van der Waals surface area contributed by atoms with Crippen LogP contribution in [0.25, 0.3) is 10.8 Å². The minimum absolute atomic E-state index is 0.180. The molecule has 0 unspecified atom stereocenters. The van der Waals surface area contributed by atoms with Gasteiger partial charge in [-0.25, -0.2) is 4.79 Å². The molecule has 40 heavy (non-hydrogen) atoms. The smallest absolute Gasteiger partial charge is 0.410 e. The van der Waals surface area contributed by atoms with E-state index in [9.17, 15) is 9.59 Å². The van der Waals surface area contributed by atoms with Gasteiger partial charge in [0.2, 0.25) is 5.91 Å². The fraction of sp³-hybridized carbons (Fsp3) is 0.647. The van der Waals surface area contributed by atoms with Gasteiger partial charge in [0.05, 0.1) is 6.42 Å². The zero-order valence-electron chi connectivity index (χ0n) is 25.0. The van der Waals surface area contributed by atoms with Crippen LogP contribution in [-0.4, -0.2) is 66.8 Å². The number of amides is 2. The van der Waals surface area contributed by atoms with Crippen molar-refractivity contribution in [2.75, 3.05) is 39.4 Å². The summed E-state index contributed by atoms with van der Waals surface area (Å²) in [6, 6.07) is 14.5. The number of rotatable bonds is 11. The van der Waals surface area contributed by atoms with Crippen LogP contribution >= 0.6 is 0 Å². The molecular weight excluding hydrogens is 500 g/mol. The number of carbonyl (C=O) groups excluding carboxylic acids is 2. The van der Waals surface area contributed by atoms with E-state index in [0.29, 0.717) is 24.9 Å². The molecule has 0 bridgehead atoms. The average molecular weight is 551 g/mol. The number of unbranched alkanes of at least 4 members (excludes halogenated alkanes) is 1. The molecule has 0 aromatic heterocycles. The van der Waals surface area contributed by atoms with Gasteiger partial charge in [0.25, 0.3) is 0 Å². The number of hydrogen-bond acceptors (Lipinski definition) is 4. The van der Waals surface area contributed by atoms with Crippen LogP contribution in [0.1, 0.15) is 84.1 Å². The van der Waals surface area contributed by atoms with Crippen LogP contribution in [0, 0.1) is 11.8 Å². The molecule has 1 aliphatic carbocycles. The van der Waals surface area contributed by atoms with E-state index in [2.05, 4.69) is 24.3 Å². The van der Waals surface area contributed by atoms with Crippen molar-refractivity contribution in [1.29, 1.82) is 0 Å². The van der Waals surface area contributed by atoms with Crippen LogP contribution in [-0.2, 0) is 20.7 Å². The van der Waals surface area contributed by atoms with Crippen LogP contribution in [0.15, 0.2) is 42.5 Å². The van der Waals surface area contributed by atoms with Crippen molar-refractivity contribution >= 4 is 22.8 Å². The number of benzene rings is 2. The Hall–Kier alpha value is -2.60. The third kappa shape index (κ3) is 9.50. The highest BCUT2D eigenvalue weighted by atomic mass is 16.6. The molecule has 6 heteroatoms. The van der Waals surface area contributed by atoms with Gasteiger partial charge >= 0.3 is 6.09 Å². The molecule has 0 spiro atoms. The van der Waals surface area contributed by atoms with Gasteiger partial charge in [-0.1, -0.05) is 61.7 Å². The summed E-state index contributed by atoms with van der Waals surface area (Å²) in [5, 5.41) is 2.36. The predicted molar refractivity (Wildman–Crippen MR) is 161 cm³/mol. The Morgan fingerprint density at radius 2 is 1.62 bits per heavy atom. The quantitative estimate of drug-likeness (QED) is 0.277. The monoisotopic (exact) mass is 550 g/mol. The second-order valence-corrected chi connectivity index (χ2v) is 12.9. The maximum Gasteiger partial charge on any atom is 0.410 e. The normalized spacial score (nSPS) is 17.2. The van der Waals surface area contributed by atoms with Crippen LogP contribution < -0.4 is 0 Å². The van der Waals surface area contributed by atoms with Crippen molar-refractivity contribution in [2.24, 2.45) is 11.8 Å². The number of carbonyl (C=O) groups is 2. The molecule has 1 aliphatic heterocycles. The van der Waals surface area contributed by atoms with Gasteiger partial charge in [0.1, 0.15) is 5.60 Å². The van der Waals surface area contributed by atoms with Gasteiger partial charge in [-0.2, -0.15) is 0 Å². The van der Waals surface area contributed by atoms with Gasteiger partial charge < -0.3 is 19.3 Å². The van der Waals surface area contributed by atoms with E-state index in [4.69, 9.17) is 9.47 Å². The summed E-state index contributed by atoms with van der Waals surface area (Å²) < 4.78 is 11.8. The number of likely N-dealkylation sites (tertiary alicyclic amines) is 1. The summed E-state index contributed by atoms with van der Waals surface area (Å²) in [6.45, 7) is 10.4. The Labute approximate surface area is 241 Å². The molecular formula is C34H50N2O4. The molecule has 1 heterocycles. The third-order valence-electron chi connectivity index (χ3n) is 8.36. The third-order valence-corrected chi connectivity index (χ3v) is 8.36. The summed E-state index contributed by atoms with van der Waals surface area (Å²) in [6.07, 6.45) is 10.4. The summed E-state index contributed by atoms with van der Waals surface area (Å²) in [5.41, 5.74) is 0.638. The van der Waals surface area contributed by atoms with Gasteiger partial charge in [-0.05, 0) is 87.5 Å². The number of nitrogens with zero attached hydrogens (tertiary/aromatic N) is 2. The van der Waals surface area contributed by atoms with Crippen molar-refractivity contribution < 1.29 is 19.1 Å². The molecule has 0 N–H and O–H groups in total. The largest absolute Gasteiger partial charge is 0.444 e. The van der Waals surface area contributed by atoms with Crippen LogP contribution in [0.4, 0.5) is 4.79 Å². The summed E-state index contributed by atoms with van der Waals surface area (Å²) in [5.74, 6) is 1.33. The molecule has 6 nitrogen and oxygen atoms in total. The molecule has 2 amide bonds. The minimum atomic E-state index is -0.471. The first-order valence-corrected chi connectivity index (χ1v) is 15.6. The lowest BCUT2D eigenvalue weighted by Gasteiger charge is -2.32. The number of ether oxygens (including phenoxy) is 2. The van der Waals surface area contributed by atoms with E-state index >= 15 is 0 Å². The fourth-order valence-electron chi connectivity index (χ4n) is 6.09. The van der Waals surface area contributed by atoms with Crippen LogP contribution in [0.3, 0.4) is 0 Å². The minimum Gasteiger partial charge on any atom is -0.444 e. The van der Waals surface area contributed by atoms with Gasteiger partial charge in [-0.15, -0.1) is 0 Å². The van der Waals surface area contributed by atoms with E-state index in [1.54, 1.807) is 0 Å². The summed E-state index contributed by atoms with van der Waals surface area (Å²) in [4.78, 5) is 29.8. The zero-order chi connectivity index (χ0) is 28.4. The lowest BCUT2D eigenvalue weighted by Crippen LogP contribution is -2.40. The standard InChI is InChI=1S/C34H50N2O4/c1-34(2,3)40-33(38)36(25-27-12-5-4-6-13-27)20-9-10-23-39-26-28-18-21-35(22-19-28)32(37)24-30-16-11-15-29-14-7-8-17-31(29)30/h7-8,11,14-17,27-28H,4-6,9-10,12-13,18-26H2,1-3H3. The van der Waals surface area contributed by atoms with E-state index in [1.807, 2.05) is 48.8 Å². The summed E-state index contributed by atoms with van der Waals surface area (Å²) >= 11 is 0. The van der Waals surface area contributed by atoms with Gasteiger partial charge in [0, 0.05) is 39.4 Å². The topological polar surface area (TPSA) is 59.1 Å². The molecule has 0 atom stereocenters. The predicted octanol–water partition coefficient (Wildman–Crippen LogP) is 7.24. The molecule has 2 fully saturated rings. The van der Waals surface area contributed by atoms with Crippen LogP contribution in [0.2, 0.25) is 0 Å². The molecule has 4 rings (SSSR count). The maximum atomic E-state index is 13.0. The Morgan fingerprint density at radius 1 is 0.900 bits per heavy atom. The Kier molecular flexibility index (Phi) is 11.3. The lowest BCUT2D eigenvalue weighted by atomic mass is 9.89. The second kappa shape index (κ2) is 14.9. The first kappa shape index (κ1) is 30.4. The van der Waals surface area contributed by atoms with E-state index in [-0.39, 0.29) is 12.0 Å². The lowest BCUT2D eigenvalue weighted by molar-refractivity contribution is -0.132.